The lowest BCUT2D eigenvalue weighted by Gasteiger charge is -2.12. The highest BCUT2D eigenvalue weighted by Crippen LogP contribution is 2.08. The highest BCUT2D eigenvalue weighted by Gasteiger charge is 2.09. The molecule has 1 atom stereocenters. The van der Waals surface area contributed by atoms with Crippen LogP contribution in [0.25, 0.3) is 5.95 Å². The molecule has 0 aliphatic rings. The summed E-state index contributed by atoms with van der Waals surface area (Å²) in [6.07, 6.45) is 4.66. The van der Waals surface area contributed by atoms with Crippen LogP contribution in [-0.2, 0) is 0 Å². The molecule has 0 aromatic carbocycles. The van der Waals surface area contributed by atoms with E-state index in [2.05, 4.69) is 30.7 Å². The van der Waals surface area contributed by atoms with E-state index in [1.807, 2.05) is 6.92 Å². The first-order chi connectivity index (χ1) is 9.72. The Bertz CT molecular complexity index is 529. The first-order valence-electron chi connectivity index (χ1n) is 6.58. The first-order valence-corrected chi connectivity index (χ1v) is 6.58. The van der Waals surface area contributed by atoms with Crippen LogP contribution in [0.3, 0.4) is 0 Å². The molecular formula is C12H19N7O. The molecule has 0 aliphatic carbocycles. The largest absolute Gasteiger partial charge is 0.391 e. The second-order valence-electron chi connectivity index (χ2n) is 4.31. The van der Waals surface area contributed by atoms with Gasteiger partial charge in [0.05, 0.1) is 6.10 Å². The lowest BCUT2D eigenvalue weighted by atomic mass is 10.2. The summed E-state index contributed by atoms with van der Waals surface area (Å²) in [5.41, 5.74) is 0. The Kier molecular flexibility index (Phi) is 4.83. The maximum absolute atomic E-state index is 9.72. The second-order valence-corrected chi connectivity index (χ2v) is 4.31. The van der Waals surface area contributed by atoms with Gasteiger partial charge in [0.1, 0.15) is 0 Å². The van der Waals surface area contributed by atoms with E-state index in [1.54, 1.807) is 30.2 Å². The lowest BCUT2D eigenvalue weighted by Crippen LogP contribution is -2.21. The third-order valence-electron chi connectivity index (χ3n) is 2.67. The van der Waals surface area contributed by atoms with Crippen molar-refractivity contribution >= 4 is 11.9 Å². The van der Waals surface area contributed by atoms with Gasteiger partial charge in [0.25, 0.3) is 5.95 Å². The molecule has 0 saturated heterocycles. The molecule has 0 saturated carbocycles. The smallest absolute Gasteiger partial charge is 0.257 e. The van der Waals surface area contributed by atoms with E-state index in [0.717, 1.165) is 12.8 Å². The molecule has 8 heteroatoms. The number of rotatable bonds is 7. The van der Waals surface area contributed by atoms with Gasteiger partial charge in [-0.15, -0.1) is 0 Å². The van der Waals surface area contributed by atoms with Gasteiger partial charge in [0.15, 0.2) is 0 Å². The van der Waals surface area contributed by atoms with Crippen LogP contribution in [0.1, 0.15) is 19.8 Å². The number of aromatic nitrogens is 5. The standard InChI is InChI=1S/C12H19N7O/c1-3-5-9(20)8-14-11-16-10(13-2)17-12(18-11)19-7-4-6-15-19/h4,6-7,9,20H,3,5,8H2,1-2H3,(H2,13,14,16,17,18). The van der Waals surface area contributed by atoms with Crippen molar-refractivity contribution in [3.8, 4) is 5.95 Å². The van der Waals surface area contributed by atoms with Crippen molar-refractivity contribution < 1.29 is 5.11 Å². The zero-order valence-electron chi connectivity index (χ0n) is 11.6. The molecule has 2 heterocycles. The van der Waals surface area contributed by atoms with E-state index in [1.165, 1.54) is 0 Å². The maximum Gasteiger partial charge on any atom is 0.257 e. The molecule has 0 fully saturated rings. The summed E-state index contributed by atoms with van der Waals surface area (Å²) in [5, 5.41) is 19.7. The number of nitrogens with one attached hydrogen (secondary N) is 2. The minimum absolute atomic E-state index is 0.402. The zero-order chi connectivity index (χ0) is 14.4. The molecule has 0 bridgehead atoms. The van der Waals surface area contributed by atoms with Crippen LogP contribution >= 0.6 is 0 Å². The van der Waals surface area contributed by atoms with Gasteiger partial charge in [-0.3, -0.25) is 0 Å². The normalized spacial score (nSPS) is 12.2. The van der Waals surface area contributed by atoms with E-state index >= 15 is 0 Å². The average Bonchev–Trinajstić information content (AvgIpc) is 2.99. The van der Waals surface area contributed by atoms with Gasteiger partial charge in [0.2, 0.25) is 11.9 Å². The van der Waals surface area contributed by atoms with Crippen molar-refractivity contribution in [2.24, 2.45) is 0 Å². The van der Waals surface area contributed by atoms with E-state index in [0.29, 0.717) is 24.4 Å². The predicted octanol–water partition coefficient (Wildman–Crippen LogP) is 0.672. The zero-order valence-corrected chi connectivity index (χ0v) is 11.6. The van der Waals surface area contributed by atoms with E-state index in [-0.39, 0.29) is 0 Å². The fraction of sp³-hybridized carbons (Fsp3) is 0.500. The van der Waals surface area contributed by atoms with E-state index in [9.17, 15) is 5.11 Å². The van der Waals surface area contributed by atoms with Gasteiger partial charge in [-0.2, -0.15) is 20.1 Å². The van der Waals surface area contributed by atoms with Crippen molar-refractivity contribution in [1.29, 1.82) is 0 Å². The number of hydrogen-bond acceptors (Lipinski definition) is 7. The van der Waals surface area contributed by atoms with Crippen LogP contribution in [0.4, 0.5) is 11.9 Å². The van der Waals surface area contributed by atoms with Crippen LogP contribution < -0.4 is 10.6 Å². The molecule has 1 unspecified atom stereocenters. The molecule has 0 spiro atoms. The molecule has 0 aliphatic heterocycles. The van der Waals surface area contributed by atoms with Gasteiger partial charge in [-0.05, 0) is 12.5 Å². The van der Waals surface area contributed by atoms with Gasteiger partial charge < -0.3 is 15.7 Å². The van der Waals surface area contributed by atoms with Crippen LogP contribution in [0.15, 0.2) is 18.5 Å². The molecule has 2 aromatic heterocycles. The van der Waals surface area contributed by atoms with E-state index in [4.69, 9.17) is 0 Å². The molecule has 20 heavy (non-hydrogen) atoms. The van der Waals surface area contributed by atoms with Crippen LogP contribution in [-0.4, -0.2) is 49.5 Å². The Morgan fingerprint density at radius 3 is 2.75 bits per heavy atom. The minimum atomic E-state index is -0.414. The van der Waals surface area contributed by atoms with E-state index < -0.39 is 6.10 Å². The SMILES string of the molecule is CCCC(O)CNc1nc(NC)nc(-n2cccn2)n1. The number of aliphatic hydroxyl groups excluding tert-OH is 1. The van der Waals surface area contributed by atoms with Gasteiger partial charge in [0, 0.05) is 26.0 Å². The number of hydrogen-bond donors (Lipinski definition) is 3. The fourth-order valence-electron chi connectivity index (χ4n) is 1.69. The summed E-state index contributed by atoms with van der Waals surface area (Å²) in [6.45, 7) is 2.43. The fourth-order valence-corrected chi connectivity index (χ4v) is 1.69. The molecule has 0 radical (unpaired) electrons. The van der Waals surface area contributed by atoms with Gasteiger partial charge >= 0.3 is 0 Å². The highest BCUT2D eigenvalue weighted by atomic mass is 16.3. The van der Waals surface area contributed by atoms with Gasteiger partial charge in [-0.1, -0.05) is 13.3 Å². The summed E-state index contributed by atoms with van der Waals surface area (Å²) >= 11 is 0. The topological polar surface area (TPSA) is 101 Å². The predicted molar refractivity (Wildman–Crippen MR) is 75.9 cm³/mol. The number of aliphatic hydroxyl groups is 1. The molecule has 8 nitrogen and oxygen atoms in total. The molecule has 3 N–H and O–H groups in total. The Morgan fingerprint density at radius 1 is 1.30 bits per heavy atom. The number of nitrogens with zero attached hydrogens (tertiary/aromatic N) is 5. The van der Waals surface area contributed by atoms with Crippen LogP contribution in [0, 0.1) is 0 Å². The summed E-state index contributed by atoms with van der Waals surface area (Å²) in [6, 6.07) is 1.79. The molecule has 2 rings (SSSR count). The van der Waals surface area contributed by atoms with Crippen molar-refractivity contribution in [3.63, 3.8) is 0 Å². The van der Waals surface area contributed by atoms with Gasteiger partial charge in [-0.25, -0.2) is 4.68 Å². The Labute approximate surface area is 117 Å². The second kappa shape index (κ2) is 6.80. The van der Waals surface area contributed by atoms with Crippen molar-refractivity contribution in [3.05, 3.63) is 18.5 Å². The summed E-state index contributed by atoms with van der Waals surface area (Å²) < 4.78 is 1.55. The Morgan fingerprint density at radius 2 is 2.10 bits per heavy atom. The Balaban J connectivity index is 2.14. The number of anilines is 2. The molecule has 2 aromatic rings. The summed E-state index contributed by atoms with van der Waals surface area (Å²) in [4.78, 5) is 12.7. The molecular weight excluding hydrogens is 258 g/mol. The maximum atomic E-state index is 9.72. The van der Waals surface area contributed by atoms with Crippen molar-refractivity contribution in [2.75, 3.05) is 24.2 Å². The summed E-state index contributed by atoms with van der Waals surface area (Å²) in [7, 11) is 1.73. The van der Waals surface area contributed by atoms with Crippen LogP contribution in [0.5, 0.6) is 0 Å². The average molecular weight is 277 g/mol. The quantitative estimate of drug-likeness (QED) is 0.683. The Hall–Kier alpha value is -2.22. The molecule has 108 valence electrons. The highest BCUT2D eigenvalue weighted by molar-refractivity contribution is 5.37. The monoisotopic (exact) mass is 277 g/mol. The lowest BCUT2D eigenvalue weighted by molar-refractivity contribution is 0.176. The minimum Gasteiger partial charge on any atom is -0.391 e. The third kappa shape index (κ3) is 3.64. The van der Waals surface area contributed by atoms with Crippen LogP contribution in [0.2, 0.25) is 0 Å². The van der Waals surface area contributed by atoms with Crippen molar-refractivity contribution in [2.45, 2.75) is 25.9 Å². The molecule has 0 amide bonds. The first kappa shape index (κ1) is 14.2. The van der Waals surface area contributed by atoms with Crippen molar-refractivity contribution in [1.82, 2.24) is 24.7 Å². The third-order valence-corrected chi connectivity index (χ3v) is 2.67. The summed E-state index contributed by atoms with van der Waals surface area (Å²) in [5.74, 6) is 1.27.